The van der Waals surface area contributed by atoms with E-state index in [0.717, 1.165) is 23.4 Å². The van der Waals surface area contributed by atoms with Crippen LogP contribution in [0.2, 0.25) is 5.02 Å². The summed E-state index contributed by atoms with van der Waals surface area (Å²) in [6.45, 7) is 0. The number of carbonyl (C=O) groups is 1. The molecular formula is C18H18ClN3O2S. The number of hydrogen-bond acceptors (Lipinski definition) is 3. The van der Waals surface area contributed by atoms with Crippen molar-refractivity contribution in [3.05, 3.63) is 59.1 Å². The Morgan fingerprint density at radius 2 is 1.96 bits per heavy atom. The highest BCUT2D eigenvalue weighted by Gasteiger charge is 2.43. The lowest BCUT2D eigenvalue weighted by atomic mass is 10.1. The Balaban J connectivity index is 1.46. The summed E-state index contributed by atoms with van der Waals surface area (Å²) < 4.78 is 5.15. The average molecular weight is 376 g/mol. The van der Waals surface area contributed by atoms with Gasteiger partial charge in [0.2, 0.25) is 5.91 Å². The molecule has 5 nitrogen and oxygen atoms in total. The SMILES string of the molecule is COc1cccc(NC(=S)NNC(=O)[C@@H]2C[C@@H]2c2ccc(Cl)cc2)c1. The molecule has 25 heavy (non-hydrogen) atoms. The van der Waals surface area contributed by atoms with Crippen LogP contribution < -0.4 is 20.9 Å². The molecule has 1 amide bonds. The van der Waals surface area contributed by atoms with Crippen LogP contribution in [0, 0.1) is 5.92 Å². The van der Waals surface area contributed by atoms with Crippen molar-refractivity contribution in [2.75, 3.05) is 12.4 Å². The van der Waals surface area contributed by atoms with E-state index in [1.54, 1.807) is 7.11 Å². The third-order valence-corrected chi connectivity index (χ3v) is 4.51. The van der Waals surface area contributed by atoms with Gasteiger partial charge in [0.25, 0.3) is 0 Å². The highest BCUT2D eigenvalue weighted by molar-refractivity contribution is 7.80. The lowest BCUT2D eigenvalue weighted by Gasteiger charge is -2.12. The van der Waals surface area contributed by atoms with Crippen molar-refractivity contribution in [3.8, 4) is 5.75 Å². The zero-order valence-electron chi connectivity index (χ0n) is 13.6. The van der Waals surface area contributed by atoms with Crippen molar-refractivity contribution >= 4 is 40.5 Å². The van der Waals surface area contributed by atoms with Crippen molar-refractivity contribution in [1.82, 2.24) is 10.9 Å². The fraction of sp³-hybridized carbons (Fsp3) is 0.222. The Morgan fingerprint density at radius 3 is 2.68 bits per heavy atom. The molecule has 1 aliphatic carbocycles. The van der Waals surface area contributed by atoms with Gasteiger partial charge in [-0.25, -0.2) is 0 Å². The number of hydrogen-bond donors (Lipinski definition) is 3. The van der Waals surface area contributed by atoms with Crippen LogP contribution in [0.5, 0.6) is 5.75 Å². The predicted octanol–water partition coefficient (Wildman–Crippen LogP) is 3.47. The van der Waals surface area contributed by atoms with E-state index in [-0.39, 0.29) is 17.7 Å². The lowest BCUT2D eigenvalue weighted by Crippen LogP contribution is -2.44. The van der Waals surface area contributed by atoms with Crippen LogP contribution in [-0.4, -0.2) is 18.1 Å². The number of ether oxygens (including phenoxy) is 1. The maximum absolute atomic E-state index is 12.2. The summed E-state index contributed by atoms with van der Waals surface area (Å²) in [6.07, 6.45) is 0.825. The monoisotopic (exact) mass is 375 g/mol. The number of thiocarbonyl (C=S) groups is 1. The van der Waals surface area contributed by atoms with Crippen LogP contribution >= 0.6 is 23.8 Å². The van der Waals surface area contributed by atoms with E-state index >= 15 is 0 Å². The predicted molar refractivity (Wildman–Crippen MR) is 103 cm³/mol. The second-order valence-corrected chi connectivity index (χ2v) is 6.65. The summed E-state index contributed by atoms with van der Waals surface area (Å²) >= 11 is 11.1. The maximum Gasteiger partial charge on any atom is 0.242 e. The standard InChI is InChI=1S/C18H18ClN3O2S/c1-24-14-4-2-3-13(9-14)20-18(25)22-21-17(23)16-10-15(16)11-5-7-12(19)8-6-11/h2-9,15-16H,10H2,1H3,(H,21,23)(H2,20,22,25)/t15-,16-/m1/s1. The van der Waals surface area contributed by atoms with Crippen LogP contribution in [0.1, 0.15) is 17.9 Å². The van der Waals surface area contributed by atoms with E-state index in [4.69, 9.17) is 28.6 Å². The first-order valence-corrected chi connectivity index (χ1v) is 8.62. The molecule has 3 N–H and O–H groups in total. The molecule has 0 heterocycles. The van der Waals surface area contributed by atoms with E-state index < -0.39 is 0 Å². The first-order valence-electron chi connectivity index (χ1n) is 7.83. The van der Waals surface area contributed by atoms with E-state index in [1.807, 2.05) is 48.5 Å². The minimum absolute atomic E-state index is 0.0479. The molecule has 7 heteroatoms. The molecule has 3 rings (SSSR count). The topological polar surface area (TPSA) is 62.4 Å². The fourth-order valence-electron chi connectivity index (χ4n) is 2.64. The number of anilines is 1. The summed E-state index contributed by atoms with van der Waals surface area (Å²) in [7, 11) is 1.60. The molecule has 0 spiro atoms. The fourth-order valence-corrected chi connectivity index (χ4v) is 2.93. The molecule has 1 aliphatic rings. The molecule has 2 aromatic rings. The Kier molecular flexibility index (Phi) is 5.40. The molecule has 2 aromatic carbocycles. The van der Waals surface area contributed by atoms with Gasteiger partial charge in [-0.2, -0.15) is 0 Å². The largest absolute Gasteiger partial charge is 0.497 e. The first kappa shape index (κ1) is 17.5. The Morgan fingerprint density at radius 1 is 1.20 bits per heavy atom. The summed E-state index contributed by atoms with van der Waals surface area (Å²) in [5.41, 5.74) is 7.29. The summed E-state index contributed by atoms with van der Waals surface area (Å²) in [6, 6.07) is 15.0. The van der Waals surface area contributed by atoms with Crippen LogP contribution in [0.4, 0.5) is 5.69 Å². The lowest BCUT2D eigenvalue weighted by molar-refractivity contribution is -0.122. The number of amides is 1. The zero-order valence-corrected chi connectivity index (χ0v) is 15.2. The second-order valence-electron chi connectivity index (χ2n) is 5.80. The third-order valence-electron chi connectivity index (χ3n) is 4.05. The van der Waals surface area contributed by atoms with Crippen LogP contribution in [0.15, 0.2) is 48.5 Å². The van der Waals surface area contributed by atoms with Gasteiger partial charge in [-0.3, -0.25) is 15.6 Å². The van der Waals surface area contributed by atoms with Crippen LogP contribution in [-0.2, 0) is 4.79 Å². The van der Waals surface area contributed by atoms with E-state index in [2.05, 4.69) is 16.2 Å². The molecule has 0 bridgehead atoms. The third kappa shape index (κ3) is 4.61. The van der Waals surface area contributed by atoms with Gasteiger partial charge in [-0.1, -0.05) is 29.8 Å². The highest BCUT2D eigenvalue weighted by atomic mass is 35.5. The number of hydrazine groups is 1. The molecule has 2 atom stereocenters. The van der Waals surface area contributed by atoms with Gasteiger partial charge in [-0.05, 0) is 54.4 Å². The number of benzene rings is 2. The van der Waals surface area contributed by atoms with Crippen molar-refractivity contribution in [2.24, 2.45) is 5.92 Å². The molecule has 0 aromatic heterocycles. The van der Waals surface area contributed by atoms with Gasteiger partial charge < -0.3 is 10.1 Å². The Bertz CT molecular complexity index is 782. The van der Waals surface area contributed by atoms with Gasteiger partial charge in [0, 0.05) is 22.7 Å². The highest BCUT2D eigenvalue weighted by Crippen LogP contribution is 2.47. The second kappa shape index (κ2) is 7.72. The molecule has 1 saturated carbocycles. The van der Waals surface area contributed by atoms with E-state index in [9.17, 15) is 4.79 Å². The first-order chi connectivity index (χ1) is 12.1. The average Bonchev–Trinajstić information content (AvgIpc) is 3.41. The van der Waals surface area contributed by atoms with Crippen molar-refractivity contribution < 1.29 is 9.53 Å². The van der Waals surface area contributed by atoms with Gasteiger partial charge in [0.15, 0.2) is 5.11 Å². The minimum Gasteiger partial charge on any atom is -0.497 e. The molecule has 130 valence electrons. The van der Waals surface area contributed by atoms with Crippen LogP contribution in [0.3, 0.4) is 0 Å². The van der Waals surface area contributed by atoms with Gasteiger partial charge in [0.1, 0.15) is 5.75 Å². The molecule has 1 fully saturated rings. The Labute approximate surface area is 156 Å². The van der Waals surface area contributed by atoms with Crippen LogP contribution in [0.25, 0.3) is 0 Å². The minimum atomic E-state index is -0.0743. The number of halogens is 1. The number of nitrogens with one attached hydrogen (secondary N) is 3. The quantitative estimate of drug-likeness (QED) is 0.564. The molecule has 0 aliphatic heterocycles. The van der Waals surface area contributed by atoms with Gasteiger partial charge in [0.05, 0.1) is 7.11 Å². The number of methoxy groups -OCH3 is 1. The molecule has 0 unspecified atom stereocenters. The van der Waals surface area contributed by atoms with E-state index in [1.165, 1.54) is 0 Å². The molecule has 0 saturated heterocycles. The van der Waals surface area contributed by atoms with Crippen molar-refractivity contribution in [1.29, 1.82) is 0 Å². The van der Waals surface area contributed by atoms with Crippen molar-refractivity contribution in [2.45, 2.75) is 12.3 Å². The molecule has 0 radical (unpaired) electrons. The van der Waals surface area contributed by atoms with Gasteiger partial charge in [-0.15, -0.1) is 0 Å². The summed E-state index contributed by atoms with van der Waals surface area (Å²) in [4.78, 5) is 12.2. The zero-order chi connectivity index (χ0) is 17.8. The number of carbonyl (C=O) groups excluding carboxylic acids is 1. The maximum atomic E-state index is 12.2. The number of rotatable bonds is 4. The summed E-state index contributed by atoms with van der Waals surface area (Å²) in [5, 5.41) is 4.00. The molecular weight excluding hydrogens is 358 g/mol. The van der Waals surface area contributed by atoms with Gasteiger partial charge >= 0.3 is 0 Å². The normalized spacial score (nSPS) is 18.2. The van der Waals surface area contributed by atoms with Crippen molar-refractivity contribution in [3.63, 3.8) is 0 Å². The Hall–Kier alpha value is -2.31. The van der Waals surface area contributed by atoms with E-state index in [0.29, 0.717) is 10.1 Å². The smallest absolute Gasteiger partial charge is 0.242 e. The summed E-state index contributed by atoms with van der Waals surface area (Å²) in [5.74, 6) is 0.836.